The number of nitrogens with one attached hydrogen (secondary N) is 1. The molecule has 3 atom stereocenters. The highest BCUT2D eigenvalue weighted by atomic mass is 19.4. The Morgan fingerprint density at radius 3 is 2.52 bits per heavy atom. The Morgan fingerprint density at radius 1 is 1.18 bits per heavy atom. The van der Waals surface area contributed by atoms with Gasteiger partial charge >= 0.3 is 6.18 Å². The molecule has 10 heteroatoms. The molecule has 2 aromatic carbocycles. The molecule has 1 aliphatic carbocycles. The number of pyridine rings is 1. The fourth-order valence-corrected chi connectivity index (χ4v) is 4.65. The zero-order valence-corrected chi connectivity index (χ0v) is 17.7. The predicted molar refractivity (Wildman–Crippen MR) is 109 cm³/mol. The van der Waals surface area contributed by atoms with Crippen molar-refractivity contribution in [3.05, 3.63) is 64.9 Å². The molecule has 0 bridgehead atoms. The lowest BCUT2D eigenvalue weighted by atomic mass is 9.69. The summed E-state index contributed by atoms with van der Waals surface area (Å²) in [4.78, 5) is 0. The van der Waals surface area contributed by atoms with Gasteiger partial charge in [0.15, 0.2) is 17.2 Å². The Bertz CT molecular complexity index is 1250. The third kappa shape index (κ3) is 3.43. The fraction of sp³-hybridized carbons (Fsp3) is 0.348. The molecule has 3 aromatic rings. The Labute approximate surface area is 185 Å². The van der Waals surface area contributed by atoms with Crippen LogP contribution < -0.4 is 10.0 Å². The van der Waals surface area contributed by atoms with E-state index in [1.165, 1.54) is 19.1 Å². The van der Waals surface area contributed by atoms with Gasteiger partial charge < -0.3 is 15.5 Å². The molecule has 0 aliphatic heterocycles. The Balaban J connectivity index is 1.97. The minimum atomic E-state index is -5.13. The molecule has 0 saturated heterocycles. The van der Waals surface area contributed by atoms with Crippen LogP contribution in [0.1, 0.15) is 48.5 Å². The van der Waals surface area contributed by atoms with Crippen LogP contribution in [0.3, 0.4) is 0 Å². The van der Waals surface area contributed by atoms with Crippen molar-refractivity contribution in [3.8, 4) is 5.75 Å². The second kappa shape index (κ2) is 7.72. The van der Waals surface area contributed by atoms with Gasteiger partial charge in [0.2, 0.25) is 11.5 Å². The van der Waals surface area contributed by atoms with Crippen LogP contribution in [0.2, 0.25) is 0 Å². The maximum atomic E-state index is 14.2. The molecule has 1 aliphatic rings. The van der Waals surface area contributed by atoms with Crippen LogP contribution >= 0.6 is 0 Å². The van der Waals surface area contributed by atoms with Crippen molar-refractivity contribution in [1.29, 1.82) is 0 Å². The summed E-state index contributed by atoms with van der Waals surface area (Å²) in [5, 5.41) is 34.5. The molecule has 0 unspecified atom stereocenters. The number of phenols is 1. The number of rotatable bonds is 3. The number of alkyl halides is 3. The third-order valence-electron chi connectivity index (χ3n) is 6.44. The molecule has 1 heterocycles. The fourth-order valence-electron chi connectivity index (χ4n) is 4.65. The number of fused-ring (bicyclic) bond motifs is 2. The summed E-state index contributed by atoms with van der Waals surface area (Å²) in [6.07, 6.45) is -5.94. The highest BCUT2D eigenvalue weighted by Crippen LogP contribution is 2.55. The molecule has 176 valence electrons. The Morgan fingerprint density at radius 2 is 1.88 bits per heavy atom. The average Bonchev–Trinajstić information content (AvgIpc) is 2.75. The lowest BCUT2D eigenvalue weighted by Gasteiger charge is -2.45. The topological polar surface area (TPSA) is 76.6 Å². The van der Waals surface area contributed by atoms with Gasteiger partial charge in [-0.15, -0.1) is 0 Å². The van der Waals surface area contributed by atoms with Crippen molar-refractivity contribution >= 4 is 16.6 Å². The summed E-state index contributed by atoms with van der Waals surface area (Å²) in [6, 6.07) is 6.23. The van der Waals surface area contributed by atoms with Crippen molar-refractivity contribution in [2.45, 2.75) is 50.4 Å². The number of phenolic OH excluding ortho intramolecular Hbond substituents is 1. The molecule has 1 aromatic heterocycles. The average molecular weight is 469 g/mol. The van der Waals surface area contributed by atoms with E-state index >= 15 is 0 Å². The maximum Gasteiger partial charge on any atom is 0.419 e. The van der Waals surface area contributed by atoms with Crippen LogP contribution in [0.25, 0.3) is 10.9 Å². The maximum absolute atomic E-state index is 14.2. The molecule has 0 spiro atoms. The third-order valence-corrected chi connectivity index (χ3v) is 6.44. The summed E-state index contributed by atoms with van der Waals surface area (Å²) in [5.41, 5.74) is -3.03. The van der Waals surface area contributed by atoms with Gasteiger partial charge in [-0.1, -0.05) is 13.0 Å². The number of hydrogen-bond acceptors (Lipinski definition) is 4. The molecule has 33 heavy (non-hydrogen) atoms. The number of anilines is 1. The van der Waals surface area contributed by atoms with Crippen LogP contribution in [0.5, 0.6) is 5.75 Å². The standard InChI is InChI=1S/C23H21F5N2O3/c1-3-12-10-22(32,23(26,27)28)21(14-9-15(24)19(25)20(31)18(12)14)29-16-5-4-6-17-13(16)8-7-11(2)30(17)33/h4-9,12,21,31-33H,3,10H2,1-2H3/p+1/t12-,21+,22-/m1/s1. The molecule has 0 saturated carbocycles. The van der Waals surface area contributed by atoms with E-state index < -0.39 is 47.5 Å². The number of aromatic nitrogens is 1. The van der Waals surface area contributed by atoms with E-state index in [1.807, 2.05) is 0 Å². The molecule has 4 rings (SSSR count). The number of halogens is 5. The molecule has 4 N–H and O–H groups in total. The first-order valence-corrected chi connectivity index (χ1v) is 10.3. The van der Waals surface area contributed by atoms with Gasteiger partial charge in [0.1, 0.15) is 0 Å². The van der Waals surface area contributed by atoms with E-state index in [9.17, 15) is 37.4 Å². The van der Waals surface area contributed by atoms with Crippen molar-refractivity contribution in [2.75, 3.05) is 5.32 Å². The summed E-state index contributed by atoms with van der Waals surface area (Å²) in [7, 11) is 0. The number of aliphatic hydroxyl groups is 1. The van der Waals surface area contributed by atoms with Gasteiger partial charge in [-0.05, 0) is 42.5 Å². The van der Waals surface area contributed by atoms with Crippen LogP contribution in [0.4, 0.5) is 27.6 Å². The lowest BCUT2D eigenvalue weighted by molar-refractivity contribution is -0.888. The summed E-state index contributed by atoms with van der Waals surface area (Å²) in [6.45, 7) is 3.16. The first-order chi connectivity index (χ1) is 15.4. The lowest BCUT2D eigenvalue weighted by Crippen LogP contribution is -2.55. The largest absolute Gasteiger partial charge is 0.505 e. The van der Waals surface area contributed by atoms with E-state index in [-0.39, 0.29) is 28.8 Å². The second-order valence-corrected chi connectivity index (χ2v) is 8.36. The number of hydrogen-bond donors (Lipinski definition) is 4. The monoisotopic (exact) mass is 469 g/mol. The van der Waals surface area contributed by atoms with Crippen molar-refractivity contribution in [3.63, 3.8) is 0 Å². The van der Waals surface area contributed by atoms with Gasteiger partial charge in [0.05, 0.1) is 11.4 Å². The molecular formula is C23H22F5N2O3+. The van der Waals surface area contributed by atoms with Crippen LogP contribution in [0.15, 0.2) is 36.4 Å². The quantitative estimate of drug-likeness (QED) is 0.247. The molecule has 0 amide bonds. The van der Waals surface area contributed by atoms with Gasteiger partial charge in [-0.2, -0.15) is 17.6 Å². The summed E-state index contributed by atoms with van der Waals surface area (Å²) in [5.74, 6) is -5.20. The smallest absolute Gasteiger partial charge is 0.419 e. The van der Waals surface area contributed by atoms with E-state index in [0.717, 1.165) is 4.73 Å². The normalized spacial score (nSPS) is 22.9. The number of nitrogens with zero attached hydrogens (tertiary/aromatic N) is 1. The van der Waals surface area contributed by atoms with Gasteiger partial charge in [0, 0.05) is 35.0 Å². The second-order valence-electron chi connectivity index (χ2n) is 8.36. The number of aryl methyl sites for hydroxylation is 1. The minimum absolute atomic E-state index is 0.0504. The van der Waals surface area contributed by atoms with Crippen LogP contribution in [0, 0.1) is 18.6 Å². The summed E-state index contributed by atoms with van der Waals surface area (Å²) < 4.78 is 71.9. The van der Waals surface area contributed by atoms with Crippen LogP contribution in [-0.2, 0) is 0 Å². The number of aromatic hydroxyl groups is 1. The highest BCUT2D eigenvalue weighted by Gasteiger charge is 2.62. The van der Waals surface area contributed by atoms with E-state index in [0.29, 0.717) is 17.1 Å². The van der Waals surface area contributed by atoms with Gasteiger partial charge in [0.25, 0.3) is 5.52 Å². The Hall–Kier alpha value is -3.14. The van der Waals surface area contributed by atoms with E-state index in [1.54, 1.807) is 25.1 Å². The predicted octanol–water partition coefficient (Wildman–Crippen LogP) is 5.00. The first kappa shape index (κ1) is 23.0. The van der Waals surface area contributed by atoms with Crippen molar-refractivity contribution < 1.29 is 42.1 Å². The zero-order chi connectivity index (χ0) is 24.3. The zero-order valence-electron chi connectivity index (χ0n) is 17.7. The first-order valence-electron chi connectivity index (χ1n) is 10.3. The van der Waals surface area contributed by atoms with E-state index in [2.05, 4.69) is 5.32 Å². The highest BCUT2D eigenvalue weighted by molar-refractivity contribution is 5.89. The SMILES string of the molecule is CC[C@@H]1C[C@](O)(C(F)(F)F)[C@@H](Nc2cccc3c2ccc(C)[n+]3O)c2cc(F)c(F)c(O)c21. The van der Waals surface area contributed by atoms with Crippen molar-refractivity contribution in [1.82, 2.24) is 0 Å². The molecular weight excluding hydrogens is 447 g/mol. The summed E-state index contributed by atoms with van der Waals surface area (Å²) >= 11 is 0. The van der Waals surface area contributed by atoms with Gasteiger partial charge in [-0.25, -0.2) is 4.39 Å². The molecule has 0 radical (unpaired) electrons. The van der Waals surface area contributed by atoms with E-state index in [4.69, 9.17) is 0 Å². The number of benzene rings is 2. The van der Waals surface area contributed by atoms with Gasteiger partial charge in [-0.3, -0.25) is 5.21 Å². The molecule has 5 nitrogen and oxygen atoms in total. The Kier molecular flexibility index (Phi) is 5.39. The van der Waals surface area contributed by atoms with Crippen LogP contribution in [-0.4, -0.2) is 27.2 Å². The molecule has 0 fully saturated rings. The van der Waals surface area contributed by atoms with Crippen molar-refractivity contribution in [2.24, 2.45) is 0 Å². The minimum Gasteiger partial charge on any atom is -0.505 e.